The number of nitrogens with zero attached hydrogens (tertiary/aromatic N) is 9. The summed E-state index contributed by atoms with van der Waals surface area (Å²) in [6.45, 7) is 0. The summed E-state index contributed by atoms with van der Waals surface area (Å²) < 4.78 is 112. The van der Waals surface area contributed by atoms with Gasteiger partial charge in [0.15, 0.2) is 0 Å². The summed E-state index contributed by atoms with van der Waals surface area (Å²) in [6, 6.07) is 38.7. The second-order valence-corrected chi connectivity index (χ2v) is 11.8. The van der Waals surface area contributed by atoms with Gasteiger partial charge in [-0.3, -0.25) is 0 Å². The average Bonchev–Trinajstić information content (AvgIpc) is 3.95. The van der Waals surface area contributed by atoms with Gasteiger partial charge in [0.25, 0.3) is 0 Å². The van der Waals surface area contributed by atoms with Crippen LogP contribution in [0.25, 0.3) is 50.2 Å². The monoisotopic (exact) mass is 979 g/mol. The van der Waals surface area contributed by atoms with Gasteiger partial charge in [-0.25, -0.2) is 0 Å². The van der Waals surface area contributed by atoms with Crippen LogP contribution in [0.1, 0.15) is 16.7 Å². The Bertz CT molecular complexity index is 2350. The normalized spacial score (nSPS) is 11.7. The quantitative estimate of drug-likeness (QED) is 0.129. The van der Waals surface area contributed by atoms with Crippen LogP contribution in [-0.2, 0) is 38.6 Å². The maximum Gasteiger partial charge on any atom is 3.00 e. The fourth-order valence-electron chi connectivity index (χ4n) is 5.05. The number of hydrogen-bond donors (Lipinski definition) is 0. The van der Waals surface area contributed by atoms with E-state index in [2.05, 4.69) is 48.8 Å². The molecule has 19 heteroatoms. The molecule has 0 saturated heterocycles. The molecule has 9 rings (SSSR count). The third-order valence-electron chi connectivity index (χ3n) is 7.88. The smallest absolute Gasteiger partial charge is 0.179 e. The molecule has 0 amide bonds. The van der Waals surface area contributed by atoms with Gasteiger partial charge in [-0.05, 0) is 53.5 Å². The zero-order chi connectivity index (χ0) is 40.4. The number of aromatic nitrogens is 9. The fourth-order valence-corrected chi connectivity index (χ4v) is 5.05. The van der Waals surface area contributed by atoms with Gasteiger partial charge >= 0.3 is 38.6 Å². The first-order valence-electron chi connectivity index (χ1n) is 16.4. The molecule has 294 valence electrons. The summed E-state index contributed by atoms with van der Waals surface area (Å²) in [5, 5.41) is 25.0. The van der Waals surface area contributed by atoms with Crippen molar-refractivity contribution in [3.05, 3.63) is 162 Å². The molecule has 0 saturated carbocycles. The van der Waals surface area contributed by atoms with Crippen LogP contribution in [-0.4, -0.2) is 45.0 Å². The summed E-state index contributed by atoms with van der Waals surface area (Å²) in [7, 11) is 0. The molecule has 0 bridgehead atoms. The van der Waals surface area contributed by atoms with Gasteiger partial charge in [0, 0.05) is 0 Å². The molecule has 9 aromatic rings. The van der Waals surface area contributed by atoms with Gasteiger partial charge in [0.05, 0.1) is 0 Å². The molecule has 3 heterocycles. The predicted octanol–water partition coefficient (Wildman–Crippen LogP) is 9.72. The molecule has 0 unspecified atom stereocenters. The van der Waals surface area contributed by atoms with E-state index in [1.807, 2.05) is 36.4 Å². The van der Waals surface area contributed by atoms with Crippen molar-refractivity contribution in [2.45, 2.75) is 18.5 Å². The maximum atomic E-state index is 12.4. The first-order chi connectivity index (χ1) is 27.1. The summed E-state index contributed by atoms with van der Waals surface area (Å²) in [5.74, 6) is 0. The number of halogens is 9. The van der Waals surface area contributed by atoms with E-state index in [1.54, 1.807) is 36.4 Å². The first kappa shape index (κ1) is 41.2. The van der Waals surface area contributed by atoms with E-state index < -0.39 is 35.2 Å². The van der Waals surface area contributed by atoms with E-state index in [4.69, 9.17) is 0 Å². The molecule has 0 atom stereocenters. The minimum atomic E-state index is -4.36. The number of rotatable bonds is 3. The molecule has 0 aliphatic heterocycles. The Labute approximate surface area is 334 Å². The summed E-state index contributed by atoms with van der Waals surface area (Å²) >= 11 is 0. The van der Waals surface area contributed by atoms with E-state index in [0.29, 0.717) is 50.2 Å². The van der Waals surface area contributed by atoms with Gasteiger partial charge in [-0.15, -0.1) is 18.2 Å². The van der Waals surface area contributed by atoms with Gasteiger partial charge in [-0.1, -0.05) is 53.1 Å². The second-order valence-electron chi connectivity index (χ2n) is 11.8. The number of fused-ring (bicyclic) bond motifs is 3. The zero-order valence-corrected chi connectivity index (χ0v) is 31.3. The van der Waals surface area contributed by atoms with E-state index in [1.165, 1.54) is 32.6 Å². The number of alkyl halides is 9. The van der Waals surface area contributed by atoms with Crippen molar-refractivity contribution in [3.8, 4) is 17.1 Å². The first-order valence-corrected chi connectivity index (χ1v) is 16.4. The zero-order valence-electron chi connectivity index (χ0n) is 28.9. The maximum absolute atomic E-state index is 12.4. The largest absolute Gasteiger partial charge is 3.00 e. The SMILES string of the molecule is FC(F)(F)c1c[c-]c(-n2nc3ccccc3n2)cc1.FC(F)(F)c1c[c-]c(-n2nc3ccccc3n2)cc1.FC(F)(F)c1c[c-]c(-n2nc3ccccc3n2)cc1.[Ir+3]. The van der Waals surface area contributed by atoms with E-state index >= 15 is 0 Å². The fraction of sp³-hybridized carbons (Fsp3) is 0.0769. The molecule has 0 radical (unpaired) electrons. The van der Waals surface area contributed by atoms with Crippen LogP contribution in [0, 0.1) is 18.2 Å². The van der Waals surface area contributed by atoms with Crippen molar-refractivity contribution < 1.29 is 59.6 Å². The molecular formula is C39H21F9IrN9. The Balaban J connectivity index is 0.000000145. The molecular weight excluding hydrogens is 958 g/mol. The van der Waals surface area contributed by atoms with E-state index in [9.17, 15) is 39.5 Å². The third-order valence-corrected chi connectivity index (χ3v) is 7.88. The molecule has 0 N–H and O–H groups in total. The van der Waals surface area contributed by atoms with E-state index in [0.717, 1.165) is 36.4 Å². The van der Waals surface area contributed by atoms with Gasteiger partial charge in [0.1, 0.15) is 33.1 Å². The molecule has 3 aromatic heterocycles. The molecule has 58 heavy (non-hydrogen) atoms. The van der Waals surface area contributed by atoms with Crippen LogP contribution in [0.3, 0.4) is 0 Å². The van der Waals surface area contributed by atoms with Crippen molar-refractivity contribution in [3.63, 3.8) is 0 Å². The molecule has 6 aromatic carbocycles. The van der Waals surface area contributed by atoms with Crippen molar-refractivity contribution in [1.82, 2.24) is 45.0 Å². The average molecular weight is 979 g/mol. The van der Waals surface area contributed by atoms with E-state index in [-0.39, 0.29) is 20.1 Å². The number of hydrogen-bond acceptors (Lipinski definition) is 6. The molecule has 0 aliphatic carbocycles. The van der Waals surface area contributed by atoms with Crippen molar-refractivity contribution in [2.75, 3.05) is 0 Å². The Kier molecular flexibility index (Phi) is 11.8. The Morgan fingerprint density at radius 2 is 0.534 bits per heavy atom. The van der Waals surface area contributed by atoms with Gasteiger partial charge < -0.3 is 0 Å². The second kappa shape index (κ2) is 16.6. The van der Waals surface area contributed by atoms with Crippen LogP contribution in [0.4, 0.5) is 39.5 Å². The van der Waals surface area contributed by atoms with Gasteiger partial charge in [-0.2, -0.15) is 139 Å². The van der Waals surface area contributed by atoms with Crippen molar-refractivity contribution in [1.29, 1.82) is 0 Å². The molecule has 9 nitrogen and oxygen atoms in total. The summed E-state index contributed by atoms with van der Waals surface area (Å²) in [6.07, 6.45) is -13.1. The summed E-state index contributed by atoms with van der Waals surface area (Å²) in [4.78, 5) is 3.81. The minimum Gasteiger partial charge on any atom is -0.179 e. The third kappa shape index (κ3) is 9.55. The number of benzene rings is 6. The molecule has 0 aliphatic rings. The van der Waals surface area contributed by atoms with Crippen LogP contribution in [0.15, 0.2) is 127 Å². The Morgan fingerprint density at radius 1 is 0.328 bits per heavy atom. The Morgan fingerprint density at radius 3 is 0.690 bits per heavy atom. The molecule has 0 fully saturated rings. The van der Waals surface area contributed by atoms with Crippen LogP contribution < -0.4 is 0 Å². The van der Waals surface area contributed by atoms with Crippen molar-refractivity contribution in [2.24, 2.45) is 0 Å². The van der Waals surface area contributed by atoms with Crippen LogP contribution >= 0.6 is 0 Å². The van der Waals surface area contributed by atoms with Crippen molar-refractivity contribution >= 4 is 33.1 Å². The molecule has 0 spiro atoms. The standard InChI is InChI=1S/3C13H7F3N3.Ir/c3*14-13(15,16)9-5-7-10(8-6-9)19-17-11-3-1-2-4-12(11)18-19;/h3*1-7H;/q3*-1;+3. The summed E-state index contributed by atoms with van der Waals surface area (Å²) in [5.41, 5.74) is 2.93. The predicted molar refractivity (Wildman–Crippen MR) is 188 cm³/mol. The topological polar surface area (TPSA) is 92.1 Å². The van der Waals surface area contributed by atoms with Gasteiger partial charge in [0.2, 0.25) is 0 Å². The van der Waals surface area contributed by atoms with Crippen LogP contribution in [0.5, 0.6) is 0 Å². The minimum absolute atomic E-state index is 0. The Hall–Kier alpha value is -6.46. The van der Waals surface area contributed by atoms with Crippen LogP contribution in [0.2, 0.25) is 0 Å².